The van der Waals surface area contributed by atoms with Crippen LogP contribution in [0.2, 0.25) is 0 Å². The monoisotopic (exact) mass is 859 g/mol. The lowest BCUT2D eigenvalue weighted by Gasteiger charge is -2.47. The third kappa shape index (κ3) is 6.59. The van der Waals surface area contributed by atoms with Crippen LogP contribution in [0.3, 0.4) is 0 Å². The van der Waals surface area contributed by atoms with Crippen molar-refractivity contribution in [3.63, 3.8) is 0 Å². The number of thiophene rings is 1. The van der Waals surface area contributed by atoms with Gasteiger partial charge in [0.15, 0.2) is 0 Å². The van der Waals surface area contributed by atoms with E-state index in [9.17, 15) is 0 Å². The van der Waals surface area contributed by atoms with Crippen LogP contribution in [0.15, 0.2) is 240 Å². The summed E-state index contributed by atoms with van der Waals surface area (Å²) in [4.78, 5) is 15.0. The zero-order chi connectivity index (χ0) is 43.0. The Morgan fingerprint density at radius 2 is 1.22 bits per heavy atom. The van der Waals surface area contributed by atoms with Crippen LogP contribution in [0.1, 0.15) is 18.2 Å². The molecule has 12 rings (SSSR count). The zero-order valence-electron chi connectivity index (χ0n) is 35.5. The van der Waals surface area contributed by atoms with E-state index in [2.05, 4.69) is 217 Å². The summed E-state index contributed by atoms with van der Waals surface area (Å²) in [6.07, 6.45) is 11.3. The van der Waals surface area contributed by atoms with Gasteiger partial charge in [-0.25, -0.2) is 9.97 Å². The molecule has 0 saturated carbocycles. The van der Waals surface area contributed by atoms with E-state index in [0.29, 0.717) is 5.95 Å². The van der Waals surface area contributed by atoms with E-state index >= 15 is 0 Å². The Labute approximate surface area is 379 Å². The highest BCUT2D eigenvalue weighted by molar-refractivity contribution is 8.34. The molecular weight excluding hydrogens is 815 g/mol. The summed E-state index contributed by atoms with van der Waals surface area (Å²) in [5.74, 6) is 0.686. The Bertz CT molecular complexity index is 3470. The van der Waals surface area contributed by atoms with Crippen molar-refractivity contribution >= 4 is 80.2 Å². The summed E-state index contributed by atoms with van der Waals surface area (Å²) in [6, 6.07) is 71.0. The Kier molecular flexibility index (Phi) is 10.4. The molecule has 0 radical (unpaired) electrons. The molecule has 0 bridgehead atoms. The molecule has 0 spiro atoms. The maximum atomic E-state index is 5.56. The summed E-state index contributed by atoms with van der Waals surface area (Å²) in [5.41, 5.74) is 6.58. The highest BCUT2D eigenvalue weighted by Crippen LogP contribution is 2.72. The quantitative estimate of drug-likeness (QED) is 0.150. The van der Waals surface area contributed by atoms with Gasteiger partial charge < -0.3 is 0 Å². The predicted octanol–water partition coefficient (Wildman–Crippen LogP) is 16.4. The van der Waals surface area contributed by atoms with Crippen LogP contribution < -0.4 is 0 Å². The Balaban J connectivity index is 0.000000868. The maximum absolute atomic E-state index is 5.56. The lowest BCUT2D eigenvalue weighted by molar-refractivity contribution is 0.925. The number of aromatic nitrogens is 3. The molecule has 5 heteroatoms. The third-order valence-electron chi connectivity index (χ3n) is 12.4. The van der Waals surface area contributed by atoms with Crippen LogP contribution in [0.25, 0.3) is 76.0 Å². The molecule has 1 atom stereocenters. The van der Waals surface area contributed by atoms with Crippen LogP contribution >= 0.6 is 21.4 Å². The second kappa shape index (κ2) is 16.8. The number of para-hydroxylation sites is 1. The van der Waals surface area contributed by atoms with Gasteiger partial charge in [-0.15, -0.1) is 11.3 Å². The maximum Gasteiger partial charge on any atom is 0.235 e. The first kappa shape index (κ1) is 39.5. The normalized spacial score (nSPS) is 14.0. The van der Waals surface area contributed by atoms with Crippen LogP contribution in [0.4, 0.5) is 0 Å². The lowest BCUT2D eigenvalue weighted by atomic mass is 9.97. The molecule has 0 aliphatic heterocycles. The van der Waals surface area contributed by atoms with Gasteiger partial charge in [-0.1, -0.05) is 158 Å². The molecule has 1 aliphatic carbocycles. The van der Waals surface area contributed by atoms with Crippen molar-refractivity contribution in [3.8, 4) is 17.2 Å². The number of hydrogen-bond acceptors (Lipinski definition) is 3. The van der Waals surface area contributed by atoms with E-state index < -0.39 is 10.0 Å². The van der Waals surface area contributed by atoms with Gasteiger partial charge in [0.25, 0.3) is 0 Å². The zero-order valence-corrected chi connectivity index (χ0v) is 37.1. The first-order valence-electron chi connectivity index (χ1n) is 21.8. The number of hydrogen-bond donors (Lipinski definition) is 0. The van der Waals surface area contributed by atoms with Crippen molar-refractivity contribution < 1.29 is 0 Å². The second-order valence-electron chi connectivity index (χ2n) is 16.0. The molecule has 3 heterocycles. The van der Waals surface area contributed by atoms with Crippen LogP contribution in [0, 0.1) is 0 Å². The number of nitrogens with zero attached hydrogens (tertiary/aromatic N) is 3. The van der Waals surface area contributed by atoms with Crippen molar-refractivity contribution in [2.24, 2.45) is 0 Å². The smallest absolute Gasteiger partial charge is 0.235 e. The van der Waals surface area contributed by atoms with E-state index in [-0.39, 0.29) is 5.25 Å². The van der Waals surface area contributed by atoms with Crippen LogP contribution in [0.5, 0.6) is 0 Å². The molecule has 0 fully saturated rings. The summed E-state index contributed by atoms with van der Waals surface area (Å²) in [7, 11) is -1.78. The van der Waals surface area contributed by atoms with E-state index in [1.54, 1.807) is 6.08 Å². The molecule has 64 heavy (non-hydrogen) atoms. The van der Waals surface area contributed by atoms with Crippen molar-refractivity contribution in [1.82, 2.24) is 14.5 Å². The van der Waals surface area contributed by atoms with E-state index in [4.69, 9.17) is 9.97 Å². The number of fused-ring (bicyclic) bond motifs is 9. The Morgan fingerprint density at radius 1 is 0.609 bits per heavy atom. The average Bonchev–Trinajstić information content (AvgIpc) is 3.91. The second-order valence-corrected chi connectivity index (χ2v) is 20.5. The summed E-state index contributed by atoms with van der Waals surface area (Å²) in [5, 5.41) is 7.53. The van der Waals surface area contributed by atoms with Gasteiger partial charge in [0.1, 0.15) is 0 Å². The molecule has 1 unspecified atom stereocenters. The highest BCUT2D eigenvalue weighted by Gasteiger charge is 2.40. The third-order valence-corrected chi connectivity index (χ3v) is 17.9. The molecular formula is C59H45N3S2. The van der Waals surface area contributed by atoms with Gasteiger partial charge in [0, 0.05) is 41.8 Å². The van der Waals surface area contributed by atoms with Crippen molar-refractivity contribution in [1.29, 1.82) is 0 Å². The first-order valence-corrected chi connectivity index (χ1v) is 24.3. The predicted molar refractivity (Wildman–Crippen MR) is 275 cm³/mol. The minimum Gasteiger partial charge on any atom is -0.278 e. The van der Waals surface area contributed by atoms with Crippen molar-refractivity contribution in [2.45, 2.75) is 33.3 Å². The van der Waals surface area contributed by atoms with Gasteiger partial charge in [-0.3, -0.25) is 4.57 Å². The molecule has 308 valence electrons. The molecule has 0 N–H and O–H groups in total. The summed E-state index contributed by atoms with van der Waals surface area (Å²) < 4.78 is 4.92. The van der Waals surface area contributed by atoms with Gasteiger partial charge in [0.2, 0.25) is 5.95 Å². The molecule has 8 aromatic carbocycles. The molecule has 0 saturated heterocycles. The van der Waals surface area contributed by atoms with Crippen LogP contribution in [-0.2, 0) is 6.42 Å². The number of allylic oxidation sites excluding steroid dienone is 3. The fraction of sp³-hybridized carbons (Fsp3) is 0.0508. The summed E-state index contributed by atoms with van der Waals surface area (Å²) in [6.45, 7) is 5.42. The van der Waals surface area contributed by atoms with Gasteiger partial charge in [-0.05, 0) is 117 Å². The number of rotatable bonds is 7. The van der Waals surface area contributed by atoms with Gasteiger partial charge in [-0.2, -0.15) is 10.0 Å². The van der Waals surface area contributed by atoms with Gasteiger partial charge in [0.05, 0.1) is 22.4 Å². The Morgan fingerprint density at radius 3 is 1.89 bits per heavy atom. The molecule has 0 amide bonds. The molecule has 11 aromatic rings. The topological polar surface area (TPSA) is 30.7 Å². The fourth-order valence-electron chi connectivity index (χ4n) is 9.70. The molecule has 3 nitrogen and oxygen atoms in total. The molecule has 1 aliphatic rings. The van der Waals surface area contributed by atoms with Crippen molar-refractivity contribution in [3.05, 3.63) is 236 Å². The first-order chi connectivity index (χ1) is 31.7. The summed E-state index contributed by atoms with van der Waals surface area (Å²) >= 11 is 1.84. The van der Waals surface area contributed by atoms with Crippen LogP contribution in [-0.4, -0.2) is 19.8 Å². The average molecular weight is 860 g/mol. The lowest BCUT2D eigenvalue weighted by Crippen LogP contribution is -2.23. The standard InChI is InChI=1S/C54H37N3S2.C5H8/c1-4-17-38(18-5-1)59(39-19-6-2-7-20-39,40-21-8-3-9-22-40)41-30-32-48-46(35-41)52-42-23-11-10-16-36(42)28-31-49(52)57(48)54-55-47-26-14-12-25-44(47)53(56-54)37-29-33-51-45(34-37)43-24-13-15-27-50(43)58-51;1-3-5-4-2/h1-34,41H,35H2;3-5H,1H2,2H3/b;5-4-. The molecule has 3 aromatic heterocycles. The Hall–Kier alpha value is -7.31. The fourth-order valence-corrected chi connectivity index (χ4v) is 15.1. The highest BCUT2D eigenvalue weighted by atomic mass is 32.3. The minimum atomic E-state index is -1.78. The minimum absolute atomic E-state index is 0.181. The van der Waals surface area contributed by atoms with E-state index in [0.717, 1.165) is 39.8 Å². The largest absolute Gasteiger partial charge is 0.278 e. The van der Waals surface area contributed by atoms with E-state index in [1.807, 2.05) is 30.4 Å². The van der Waals surface area contributed by atoms with Crippen molar-refractivity contribution in [2.75, 3.05) is 0 Å². The SMILES string of the molecule is C1=CC(S(c2ccccc2)(c2ccccc2)c2ccccc2)Cc2c1n(-c1nc(-c3ccc4sc5ccccc5c4c3)c3ccccc3n1)c1ccc3ccccc3c21.C=C/C=C\C. The van der Waals surface area contributed by atoms with Gasteiger partial charge >= 0.3 is 0 Å². The van der Waals surface area contributed by atoms with E-state index in [1.165, 1.54) is 56.6 Å². The number of benzene rings is 8.